The molecule has 1 aromatic heterocycles. The van der Waals surface area contributed by atoms with E-state index in [-0.39, 0.29) is 12.5 Å². The van der Waals surface area contributed by atoms with Gasteiger partial charge in [-0.2, -0.15) is 0 Å². The normalized spacial score (nSPS) is 10.6. The van der Waals surface area contributed by atoms with E-state index in [1.807, 2.05) is 12.1 Å². The van der Waals surface area contributed by atoms with Crippen molar-refractivity contribution in [2.45, 2.75) is 6.61 Å². The van der Waals surface area contributed by atoms with E-state index in [2.05, 4.69) is 5.32 Å². The van der Waals surface area contributed by atoms with Crippen molar-refractivity contribution in [1.82, 2.24) is 0 Å². The maximum atomic E-state index is 12.2. The number of rotatable bonds is 4. The average Bonchev–Trinajstić information content (AvgIpc) is 3.07. The van der Waals surface area contributed by atoms with Gasteiger partial charge in [0.25, 0.3) is 5.91 Å². The van der Waals surface area contributed by atoms with E-state index in [1.54, 1.807) is 36.4 Å². The summed E-state index contributed by atoms with van der Waals surface area (Å²) in [5.74, 6) is 0.880. The molecule has 0 saturated carbocycles. The van der Waals surface area contributed by atoms with Crippen LogP contribution in [0.4, 0.5) is 5.69 Å². The molecule has 0 aliphatic heterocycles. The van der Waals surface area contributed by atoms with Crippen molar-refractivity contribution in [1.29, 1.82) is 0 Å². The quantitative estimate of drug-likeness (QED) is 0.687. The number of carbonyl (C=O) groups is 1. The first kappa shape index (κ1) is 16.6. The van der Waals surface area contributed by atoms with Crippen LogP contribution in [0.1, 0.15) is 16.1 Å². The Labute approximate surface area is 148 Å². The van der Waals surface area contributed by atoms with Crippen molar-refractivity contribution < 1.29 is 14.3 Å². The summed E-state index contributed by atoms with van der Waals surface area (Å²) in [7, 11) is 0. The molecule has 0 aliphatic rings. The summed E-state index contributed by atoms with van der Waals surface area (Å²) in [5, 5.41) is 12.5. The van der Waals surface area contributed by atoms with Crippen molar-refractivity contribution in [3.8, 4) is 11.3 Å². The molecule has 2 N–H and O–H groups in total. The monoisotopic (exact) mass is 361 g/mol. The van der Waals surface area contributed by atoms with Crippen LogP contribution in [-0.4, -0.2) is 11.0 Å². The Morgan fingerprint density at radius 1 is 1.00 bits per heavy atom. The summed E-state index contributed by atoms with van der Waals surface area (Å²) >= 11 is 11.8. The molecule has 0 unspecified atom stereocenters. The molecule has 0 spiro atoms. The number of aliphatic hydroxyl groups excluding tert-OH is 1. The highest BCUT2D eigenvalue weighted by Gasteiger charge is 2.09. The Bertz CT molecular complexity index is 872. The number of hydrogen-bond donors (Lipinski definition) is 2. The fourth-order valence-electron chi connectivity index (χ4n) is 2.18. The van der Waals surface area contributed by atoms with Crippen LogP contribution < -0.4 is 5.32 Å². The second-order valence-corrected chi connectivity index (χ2v) is 5.90. The van der Waals surface area contributed by atoms with Crippen molar-refractivity contribution in [2.75, 3.05) is 5.32 Å². The van der Waals surface area contributed by atoms with E-state index in [4.69, 9.17) is 32.7 Å². The van der Waals surface area contributed by atoms with E-state index >= 15 is 0 Å². The Morgan fingerprint density at radius 3 is 2.38 bits per heavy atom. The van der Waals surface area contributed by atoms with Crippen molar-refractivity contribution in [3.05, 3.63) is 76.0 Å². The van der Waals surface area contributed by atoms with Gasteiger partial charge >= 0.3 is 0 Å². The SMILES string of the molecule is O=C(Nc1ccc(-c2ccc(CO)o2)cc1)c1ccc(Cl)c(Cl)c1. The highest BCUT2D eigenvalue weighted by Crippen LogP contribution is 2.25. The van der Waals surface area contributed by atoms with Crippen LogP contribution >= 0.6 is 23.2 Å². The average molecular weight is 362 g/mol. The Morgan fingerprint density at radius 2 is 1.75 bits per heavy atom. The van der Waals surface area contributed by atoms with Gasteiger partial charge in [-0.05, 0) is 54.6 Å². The lowest BCUT2D eigenvalue weighted by atomic mass is 10.1. The van der Waals surface area contributed by atoms with Crippen LogP contribution in [0.25, 0.3) is 11.3 Å². The first-order chi connectivity index (χ1) is 11.6. The largest absolute Gasteiger partial charge is 0.459 e. The van der Waals surface area contributed by atoms with Gasteiger partial charge in [0.1, 0.15) is 18.1 Å². The lowest BCUT2D eigenvalue weighted by Gasteiger charge is -2.07. The molecule has 1 heterocycles. The predicted molar refractivity (Wildman–Crippen MR) is 94.5 cm³/mol. The Balaban J connectivity index is 1.73. The topological polar surface area (TPSA) is 62.5 Å². The van der Waals surface area contributed by atoms with E-state index in [9.17, 15) is 4.79 Å². The molecule has 0 aliphatic carbocycles. The molecule has 2 aromatic carbocycles. The minimum Gasteiger partial charge on any atom is -0.459 e. The molecule has 0 radical (unpaired) electrons. The van der Waals surface area contributed by atoms with E-state index in [0.29, 0.717) is 32.8 Å². The number of nitrogens with one attached hydrogen (secondary N) is 1. The first-order valence-electron chi connectivity index (χ1n) is 7.13. The lowest BCUT2D eigenvalue weighted by molar-refractivity contribution is 0.102. The summed E-state index contributed by atoms with van der Waals surface area (Å²) in [6.07, 6.45) is 0. The van der Waals surface area contributed by atoms with Gasteiger partial charge in [-0.25, -0.2) is 0 Å². The first-order valence-corrected chi connectivity index (χ1v) is 7.89. The van der Waals surface area contributed by atoms with Gasteiger partial charge in [-0.1, -0.05) is 23.2 Å². The van der Waals surface area contributed by atoms with Gasteiger partial charge in [0, 0.05) is 16.8 Å². The van der Waals surface area contributed by atoms with Gasteiger partial charge in [0.2, 0.25) is 0 Å². The van der Waals surface area contributed by atoms with Crippen molar-refractivity contribution in [3.63, 3.8) is 0 Å². The molecule has 1 amide bonds. The number of benzene rings is 2. The van der Waals surface area contributed by atoms with Gasteiger partial charge in [-0.3, -0.25) is 4.79 Å². The third-order valence-corrected chi connectivity index (χ3v) is 4.17. The van der Waals surface area contributed by atoms with Gasteiger partial charge in [-0.15, -0.1) is 0 Å². The molecule has 0 saturated heterocycles. The summed E-state index contributed by atoms with van der Waals surface area (Å²) in [5.41, 5.74) is 1.91. The molecule has 0 atom stereocenters. The molecule has 0 fully saturated rings. The summed E-state index contributed by atoms with van der Waals surface area (Å²) in [6, 6.07) is 15.4. The van der Waals surface area contributed by atoms with Crippen molar-refractivity contribution in [2.24, 2.45) is 0 Å². The highest BCUT2D eigenvalue weighted by atomic mass is 35.5. The summed E-state index contributed by atoms with van der Waals surface area (Å²) < 4.78 is 5.47. The Hall–Kier alpha value is -2.27. The van der Waals surface area contributed by atoms with Crippen LogP contribution in [-0.2, 0) is 6.61 Å². The van der Waals surface area contributed by atoms with Gasteiger partial charge < -0.3 is 14.8 Å². The molecule has 24 heavy (non-hydrogen) atoms. The van der Waals surface area contributed by atoms with Crippen LogP contribution in [0.15, 0.2) is 59.0 Å². The maximum absolute atomic E-state index is 12.2. The number of halogens is 2. The molecule has 6 heteroatoms. The molecule has 4 nitrogen and oxygen atoms in total. The second kappa shape index (κ2) is 7.09. The Kier molecular flexibility index (Phi) is 4.90. The maximum Gasteiger partial charge on any atom is 0.255 e. The molecular weight excluding hydrogens is 349 g/mol. The van der Waals surface area contributed by atoms with Crippen LogP contribution in [0.2, 0.25) is 10.0 Å². The summed E-state index contributed by atoms with van der Waals surface area (Å²) in [6.45, 7) is -0.141. The van der Waals surface area contributed by atoms with E-state index in [0.717, 1.165) is 5.56 Å². The zero-order valence-electron chi connectivity index (χ0n) is 12.4. The lowest BCUT2D eigenvalue weighted by Crippen LogP contribution is -2.11. The number of furan rings is 1. The number of aliphatic hydroxyl groups is 1. The fraction of sp³-hybridized carbons (Fsp3) is 0.0556. The van der Waals surface area contributed by atoms with Crippen LogP contribution in [0, 0.1) is 0 Å². The molecule has 122 valence electrons. The number of hydrogen-bond acceptors (Lipinski definition) is 3. The van der Waals surface area contributed by atoms with Crippen molar-refractivity contribution >= 4 is 34.8 Å². The third-order valence-electron chi connectivity index (χ3n) is 3.43. The second-order valence-electron chi connectivity index (χ2n) is 5.08. The third kappa shape index (κ3) is 3.62. The molecular formula is C18H13Cl2NO3. The molecule has 3 rings (SSSR count). The number of carbonyl (C=O) groups excluding carboxylic acids is 1. The smallest absolute Gasteiger partial charge is 0.255 e. The molecule has 0 bridgehead atoms. The van der Waals surface area contributed by atoms with E-state index in [1.165, 1.54) is 6.07 Å². The zero-order valence-corrected chi connectivity index (χ0v) is 13.9. The number of anilines is 1. The van der Waals surface area contributed by atoms with Crippen LogP contribution in [0.3, 0.4) is 0 Å². The summed E-state index contributed by atoms with van der Waals surface area (Å²) in [4.78, 5) is 12.2. The minimum atomic E-state index is -0.276. The highest BCUT2D eigenvalue weighted by molar-refractivity contribution is 6.42. The van der Waals surface area contributed by atoms with Crippen LogP contribution in [0.5, 0.6) is 0 Å². The molecule has 3 aromatic rings. The standard InChI is InChI=1S/C18H13Cl2NO3/c19-15-7-3-12(9-16(15)20)18(23)21-13-4-1-11(2-5-13)17-8-6-14(10-22)24-17/h1-9,22H,10H2,(H,21,23). The van der Waals surface area contributed by atoms with E-state index < -0.39 is 0 Å². The minimum absolute atomic E-state index is 0.141. The fourth-order valence-corrected chi connectivity index (χ4v) is 2.47. The zero-order chi connectivity index (χ0) is 17.1. The number of amides is 1. The van der Waals surface area contributed by atoms with Gasteiger partial charge in [0.05, 0.1) is 10.0 Å². The van der Waals surface area contributed by atoms with Gasteiger partial charge in [0.15, 0.2) is 0 Å². The predicted octanol–water partition coefficient (Wildman–Crippen LogP) is 5.00.